The topological polar surface area (TPSA) is 98.7 Å². The predicted molar refractivity (Wildman–Crippen MR) is 84.7 cm³/mol. The van der Waals surface area contributed by atoms with E-state index in [0.29, 0.717) is 6.54 Å². The first-order valence-corrected chi connectivity index (χ1v) is 7.94. The predicted octanol–water partition coefficient (Wildman–Crippen LogP) is 0.898. The van der Waals surface area contributed by atoms with Gasteiger partial charge in [-0.1, -0.05) is 34.6 Å². The van der Waals surface area contributed by atoms with Crippen molar-refractivity contribution < 1.29 is 19.5 Å². The third-order valence-electron chi connectivity index (χ3n) is 5.36. The molecule has 2 unspecified atom stereocenters. The van der Waals surface area contributed by atoms with Gasteiger partial charge in [0.1, 0.15) is 12.1 Å². The summed E-state index contributed by atoms with van der Waals surface area (Å²) >= 11 is 0. The van der Waals surface area contributed by atoms with Crippen molar-refractivity contribution in [3.05, 3.63) is 0 Å². The molecule has 3 amide bonds. The number of hydrogen-bond acceptors (Lipinski definition) is 3. The van der Waals surface area contributed by atoms with Gasteiger partial charge in [0.05, 0.1) is 0 Å². The van der Waals surface area contributed by atoms with Gasteiger partial charge in [-0.05, 0) is 16.7 Å². The van der Waals surface area contributed by atoms with Gasteiger partial charge in [-0.15, -0.1) is 0 Å². The Bertz CT molecular complexity index is 538. The van der Waals surface area contributed by atoms with E-state index in [-0.39, 0.29) is 23.2 Å². The van der Waals surface area contributed by atoms with Crippen LogP contribution >= 0.6 is 0 Å². The number of carbonyl (C=O) groups is 3. The number of carboxylic acids is 1. The molecule has 1 saturated carbocycles. The first-order chi connectivity index (χ1) is 10.4. The summed E-state index contributed by atoms with van der Waals surface area (Å²) in [5.41, 5.74) is -0.555. The molecule has 4 atom stereocenters. The van der Waals surface area contributed by atoms with Crippen LogP contribution in [0.4, 0.5) is 4.79 Å². The number of carbonyl (C=O) groups excluding carboxylic acids is 2. The fourth-order valence-electron chi connectivity index (χ4n) is 3.81. The number of likely N-dealkylation sites (tertiary alicyclic amines) is 1. The second kappa shape index (κ2) is 5.39. The average Bonchev–Trinajstić information content (AvgIpc) is 2.81. The molecule has 1 aliphatic carbocycles. The summed E-state index contributed by atoms with van der Waals surface area (Å²) in [6, 6.07) is -2.03. The van der Waals surface area contributed by atoms with E-state index in [1.54, 1.807) is 0 Å². The van der Waals surface area contributed by atoms with E-state index < -0.39 is 29.5 Å². The molecule has 0 spiro atoms. The molecule has 1 saturated heterocycles. The maximum atomic E-state index is 13.0. The van der Waals surface area contributed by atoms with E-state index in [1.807, 2.05) is 34.6 Å². The highest BCUT2D eigenvalue weighted by molar-refractivity contribution is 5.91. The molecule has 3 N–H and O–H groups in total. The summed E-state index contributed by atoms with van der Waals surface area (Å²) in [7, 11) is 1.48. The molecule has 1 heterocycles. The fourth-order valence-corrected chi connectivity index (χ4v) is 3.81. The van der Waals surface area contributed by atoms with E-state index in [9.17, 15) is 19.5 Å². The Morgan fingerprint density at radius 2 is 1.83 bits per heavy atom. The molecule has 130 valence electrons. The molecule has 7 nitrogen and oxygen atoms in total. The zero-order chi connectivity index (χ0) is 17.7. The first-order valence-electron chi connectivity index (χ1n) is 7.94. The average molecular weight is 325 g/mol. The monoisotopic (exact) mass is 325 g/mol. The Morgan fingerprint density at radius 1 is 1.26 bits per heavy atom. The molecule has 23 heavy (non-hydrogen) atoms. The van der Waals surface area contributed by atoms with Crippen molar-refractivity contribution in [1.29, 1.82) is 0 Å². The number of nitrogens with zero attached hydrogens (tertiary/aromatic N) is 1. The minimum Gasteiger partial charge on any atom is -0.480 e. The van der Waals surface area contributed by atoms with Crippen molar-refractivity contribution in [3.8, 4) is 0 Å². The Hall–Kier alpha value is -1.79. The quantitative estimate of drug-likeness (QED) is 0.718. The number of hydrogen-bond donors (Lipinski definition) is 3. The molecule has 0 aromatic heterocycles. The zero-order valence-corrected chi connectivity index (χ0v) is 14.6. The van der Waals surface area contributed by atoms with Gasteiger partial charge in [0.15, 0.2) is 0 Å². The summed E-state index contributed by atoms with van der Waals surface area (Å²) in [5, 5.41) is 14.7. The SMILES string of the molecule is CNC(=O)N[C@H](C(=O)N1CC2C([C@H]1C(=O)O)C2(C)C)C(C)(C)C. The molecular weight excluding hydrogens is 298 g/mol. The third-order valence-corrected chi connectivity index (χ3v) is 5.36. The lowest BCUT2D eigenvalue weighted by molar-refractivity contribution is -0.152. The van der Waals surface area contributed by atoms with E-state index in [2.05, 4.69) is 10.6 Å². The van der Waals surface area contributed by atoms with Crippen molar-refractivity contribution in [2.24, 2.45) is 22.7 Å². The van der Waals surface area contributed by atoms with Gasteiger partial charge in [0.25, 0.3) is 0 Å². The van der Waals surface area contributed by atoms with Crippen molar-refractivity contribution >= 4 is 17.9 Å². The molecule has 0 radical (unpaired) electrons. The van der Waals surface area contributed by atoms with E-state index in [4.69, 9.17) is 0 Å². The van der Waals surface area contributed by atoms with Crippen molar-refractivity contribution in [2.45, 2.75) is 46.7 Å². The molecule has 2 rings (SSSR count). The standard InChI is InChI=1S/C16H27N3O4/c1-15(2,3)11(18-14(23)17-6)12(20)19-7-8-9(16(8,4)5)10(19)13(21)22/h8-11H,7H2,1-6H3,(H,21,22)(H2,17,18,23)/t8?,9?,10-,11+/m0/s1. The molecule has 7 heteroatoms. The molecule has 0 bridgehead atoms. The van der Waals surface area contributed by atoms with Crippen LogP contribution in [0.2, 0.25) is 0 Å². The summed E-state index contributed by atoms with van der Waals surface area (Å²) in [6.07, 6.45) is 0. The summed E-state index contributed by atoms with van der Waals surface area (Å²) < 4.78 is 0. The van der Waals surface area contributed by atoms with Crippen molar-refractivity contribution in [1.82, 2.24) is 15.5 Å². The number of aliphatic carboxylic acids is 1. The second-order valence-electron chi connectivity index (χ2n) is 8.25. The number of nitrogens with one attached hydrogen (secondary N) is 2. The van der Waals surface area contributed by atoms with Crippen LogP contribution in [-0.2, 0) is 9.59 Å². The van der Waals surface area contributed by atoms with Crippen LogP contribution in [0.3, 0.4) is 0 Å². The number of urea groups is 1. The molecular formula is C16H27N3O4. The van der Waals surface area contributed by atoms with Crippen LogP contribution in [0.1, 0.15) is 34.6 Å². The number of piperidine rings is 1. The van der Waals surface area contributed by atoms with Gasteiger partial charge < -0.3 is 20.6 Å². The lowest BCUT2D eigenvalue weighted by Crippen LogP contribution is -2.59. The van der Waals surface area contributed by atoms with Crippen LogP contribution in [0.25, 0.3) is 0 Å². The molecule has 0 aromatic rings. The smallest absolute Gasteiger partial charge is 0.326 e. The van der Waals surface area contributed by atoms with Gasteiger partial charge in [0, 0.05) is 19.5 Å². The Kier molecular flexibility index (Phi) is 4.11. The highest BCUT2D eigenvalue weighted by atomic mass is 16.4. The second-order valence-corrected chi connectivity index (χ2v) is 8.25. The fraction of sp³-hybridized carbons (Fsp3) is 0.812. The van der Waals surface area contributed by atoms with Crippen LogP contribution in [-0.4, -0.2) is 53.6 Å². The zero-order valence-electron chi connectivity index (χ0n) is 14.6. The number of carboxylic acid groups (broad SMARTS) is 1. The van der Waals surface area contributed by atoms with Crippen LogP contribution in [0.5, 0.6) is 0 Å². The van der Waals surface area contributed by atoms with E-state index in [1.165, 1.54) is 11.9 Å². The van der Waals surface area contributed by atoms with Gasteiger partial charge >= 0.3 is 12.0 Å². The summed E-state index contributed by atoms with van der Waals surface area (Å²) in [6.45, 7) is 10.1. The maximum Gasteiger partial charge on any atom is 0.326 e. The Morgan fingerprint density at radius 3 is 2.26 bits per heavy atom. The van der Waals surface area contributed by atoms with Crippen LogP contribution in [0.15, 0.2) is 0 Å². The number of fused-ring (bicyclic) bond motifs is 1. The summed E-state index contributed by atoms with van der Waals surface area (Å²) in [4.78, 5) is 37.8. The third kappa shape index (κ3) is 2.88. The first kappa shape index (κ1) is 17.6. The van der Waals surface area contributed by atoms with Gasteiger partial charge in [0.2, 0.25) is 5.91 Å². The molecule has 0 aromatic carbocycles. The lowest BCUT2D eigenvalue weighted by Gasteiger charge is -2.36. The maximum absolute atomic E-state index is 13.0. The highest BCUT2D eigenvalue weighted by Crippen LogP contribution is 2.64. The van der Waals surface area contributed by atoms with Crippen LogP contribution in [0, 0.1) is 22.7 Å². The normalized spacial score (nSPS) is 29.5. The Labute approximate surface area is 136 Å². The lowest BCUT2D eigenvalue weighted by atomic mass is 9.85. The van der Waals surface area contributed by atoms with Gasteiger partial charge in [-0.25, -0.2) is 9.59 Å². The number of rotatable bonds is 3. The van der Waals surface area contributed by atoms with Crippen molar-refractivity contribution in [2.75, 3.05) is 13.6 Å². The molecule has 2 fully saturated rings. The summed E-state index contributed by atoms with van der Waals surface area (Å²) in [5.74, 6) is -1.08. The van der Waals surface area contributed by atoms with E-state index >= 15 is 0 Å². The minimum atomic E-state index is -0.968. The number of amides is 3. The highest BCUT2D eigenvalue weighted by Gasteiger charge is 2.70. The van der Waals surface area contributed by atoms with Gasteiger partial charge in [-0.2, -0.15) is 0 Å². The van der Waals surface area contributed by atoms with Crippen molar-refractivity contribution in [3.63, 3.8) is 0 Å². The molecule has 2 aliphatic rings. The Balaban J connectivity index is 2.23. The van der Waals surface area contributed by atoms with Crippen LogP contribution < -0.4 is 10.6 Å². The van der Waals surface area contributed by atoms with Gasteiger partial charge in [-0.3, -0.25) is 4.79 Å². The largest absolute Gasteiger partial charge is 0.480 e. The minimum absolute atomic E-state index is 0.00966. The van der Waals surface area contributed by atoms with E-state index in [0.717, 1.165) is 0 Å². The molecule has 1 aliphatic heterocycles.